The molecule has 3 heteroatoms. The maximum absolute atomic E-state index is 11.7. The summed E-state index contributed by atoms with van der Waals surface area (Å²) in [5.74, 6) is -0.364. The molecule has 0 spiro atoms. The Morgan fingerprint density at radius 2 is 1.89 bits per heavy atom. The van der Waals surface area contributed by atoms with Gasteiger partial charge in [0.15, 0.2) is 0 Å². The molecule has 98 valence electrons. The first-order valence-corrected chi connectivity index (χ1v) is 6.22. The van der Waals surface area contributed by atoms with Crippen molar-refractivity contribution in [3.8, 4) is 11.1 Å². The molecule has 0 amide bonds. The van der Waals surface area contributed by atoms with Crippen molar-refractivity contribution in [1.82, 2.24) is 0 Å². The van der Waals surface area contributed by atoms with Crippen LogP contribution in [-0.2, 0) is 11.3 Å². The van der Waals surface area contributed by atoms with E-state index in [4.69, 9.17) is 4.74 Å². The van der Waals surface area contributed by atoms with E-state index in [0.717, 1.165) is 16.7 Å². The minimum Gasteiger partial charge on any atom is -0.462 e. The van der Waals surface area contributed by atoms with Gasteiger partial charge in [0.05, 0.1) is 18.8 Å². The van der Waals surface area contributed by atoms with E-state index in [9.17, 15) is 9.90 Å². The lowest BCUT2D eigenvalue weighted by atomic mass is 9.98. The largest absolute Gasteiger partial charge is 0.462 e. The highest BCUT2D eigenvalue weighted by atomic mass is 16.5. The maximum Gasteiger partial charge on any atom is 0.338 e. The predicted molar refractivity (Wildman–Crippen MR) is 73.8 cm³/mol. The van der Waals surface area contributed by atoms with Crippen LogP contribution in [0, 0.1) is 0 Å². The maximum atomic E-state index is 11.7. The zero-order chi connectivity index (χ0) is 13.7. The predicted octanol–water partition coefficient (Wildman–Crippen LogP) is 3.02. The molecule has 0 aliphatic rings. The lowest BCUT2D eigenvalue weighted by Crippen LogP contribution is -2.05. The second kappa shape index (κ2) is 6.16. The van der Waals surface area contributed by atoms with Crippen LogP contribution in [0.4, 0.5) is 0 Å². The Morgan fingerprint density at radius 1 is 1.16 bits per heavy atom. The molecule has 0 aliphatic heterocycles. The van der Waals surface area contributed by atoms with Crippen molar-refractivity contribution >= 4 is 5.97 Å². The van der Waals surface area contributed by atoms with Gasteiger partial charge in [0.1, 0.15) is 0 Å². The Hall–Kier alpha value is -2.13. The zero-order valence-electron chi connectivity index (χ0n) is 10.8. The highest BCUT2D eigenvalue weighted by molar-refractivity contribution is 5.90. The molecule has 0 fully saturated rings. The molecule has 0 saturated carbocycles. The molecule has 3 nitrogen and oxygen atoms in total. The lowest BCUT2D eigenvalue weighted by molar-refractivity contribution is 0.0526. The van der Waals surface area contributed by atoms with Crippen molar-refractivity contribution in [2.24, 2.45) is 0 Å². The van der Waals surface area contributed by atoms with Crippen molar-refractivity contribution in [1.29, 1.82) is 0 Å². The van der Waals surface area contributed by atoms with E-state index in [2.05, 4.69) is 0 Å². The summed E-state index contributed by atoms with van der Waals surface area (Å²) >= 11 is 0. The number of benzene rings is 2. The summed E-state index contributed by atoms with van der Waals surface area (Å²) < 4.78 is 4.95. The number of aliphatic hydroxyl groups is 1. The topological polar surface area (TPSA) is 46.5 Å². The smallest absolute Gasteiger partial charge is 0.338 e. The van der Waals surface area contributed by atoms with Gasteiger partial charge >= 0.3 is 5.97 Å². The third kappa shape index (κ3) is 3.01. The molecule has 0 unspecified atom stereocenters. The minimum atomic E-state index is -0.364. The normalized spacial score (nSPS) is 10.2. The van der Waals surface area contributed by atoms with Gasteiger partial charge in [0.2, 0.25) is 0 Å². The van der Waals surface area contributed by atoms with E-state index in [1.54, 1.807) is 19.1 Å². The van der Waals surface area contributed by atoms with Gasteiger partial charge in [-0.2, -0.15) is 0 Å². The zero-order valence-corrected chi connectivity index (χ0v) is 10.8. The molecule has 0 atom stereocenters. The molecule has 0 saturated heterocycles. The fourth-order valence-corrected chi connectivity index (χ4v) is 1.97. The van der Waals surface area contributed by atoms with Crippen LogP contribution in [0.2, 0.25) is 0 Å². The molecule has 0 aliphatic carbocycles. The summed E-state index contributed by atoms with van der Waals surface area (Å²) in [6.07, 6.45) is 0. The molecular formula is C16H16O3. The number of hydrogen-bond acceptors (Lipinski definition) is 3. The number of carbonyl (C=O) groups is 1. The first-order chi connectivity index (χ1) is 9.26. The highest BCUT2D eigenvalue weighted by Crippen LogP contribution is 2.25. The minimum absolute atomic E-state index is 0.114. The van der Waals surface area contributed by atoms with E-state index < -0.39 is 0 Å². The van der Waals surface area contributed by atoms with Crippen molar-refractivity contribution in [3.63, 3.8) is 0 Å². The van der Waals surface area contributed by atoms with Crippen LogP contribution in [0.25, 0.3) is 11.1 Å². The summed E-state index contributed by atoms with van der Waals surface area (Å²) in [7, 11) is 0. The molecule has 0 radical (unpaired) electrons. The van der Waals surface area contributed by atoms with Crippen LogP contribution in [0.5, 0.6) is 0 Å². The van der Waals surface area contributed by atoms with Crippen molar-refractivity contribution in [3.05, 3.63) is 59.7 Å². The van der Waals surface area contributed by atoms with Crippen molar-refractivity contribution < 1.29 is 14.6 Å². The molecule has 1 N–H and O–H groups in total. The quantitative estimate of drug-likeness (QED) is 0.855. The van der Waals surface area contributed by atoms with E-state index in [1.165, 1.54) is 0 Å². The van der Waals surface area contributed by atoms with E-state index in [0.29, 0.717) is 12.2 Å². The van der Waals surface area contributed by atoms with E-state index >= 15 is 0 Å². The van der Waals surface area contributed by atoms with Crippen LogP contribution in [-0.4, -0.2) is 17.7 Å². The van der Waals surface area contributed by atoms with Gasteiger partial charge in [-0.3, -0.25) is 0 Å². The van der Waals surface area contributed by atoms with E-state index in [-0.39, 0.29) is 12.6 Å². The third-order valence-electron chi connectivity index (χ3n) is 2.87. The Balaban J connectivity index is 2.40. The fraction of sp³-hybridized carbons (Fsp3) is 0.188. The Labute approximate surface area is 112 Å². The van der Waals surface area contributed by atoms with Gasteiger partial charge in [-0.15, -0.1) is 0 Å². The molecule has 2 rings (SSSR count). The molecule has 2 aromatic carbocycles. The number of ether oxygens (including phenoxy) is 1. The van der Waals surface area contributed by atoms with Crippen molar-refractivity contribution in [2.75, 3.05) is 6.61 Å². The number of aliphatic hydroxyl groups excluding tert-OH is 1. The molecule has 0 aromatic heterocycles. The second-order valence-electron chi connectivity index (χ2n) is 4.12. The third-order valence-corrected chi connectivity index (χ3v) is 2.87. The Kier molecular flexibility index (Phi) is 4.31. The summed E-state index contributed by atoms with van der Waals surface area (Å²) in [6.45, 7) is 1.99. The Morgan fingerprint density at radius 3 is 2.53 bits per heavy atom. The monoisotopic (exact) mass is 256 g/mol. The van der Waals surface area contributed by atoms with Gasteiger partial charge in [-0.1, -0.05) is 36.4 Å². The fourth-order valence-electron chi connectivity index (χ4n) is 1.97. The SMILES string of the molecule is CCOC(=O)c1ccc(-c2ccccc2)c(CO)c1. The van der Waals surface area contributed by atoms with Crippen LogP contribution in [0.15, 0.2) is 48.5 Å². The summed E-state index contributed by atoms with van der Waals surface area (Å²) in [6, 6.07) is 15.0. The number of hydrogen-bond donors (Lipinski definition) is 1. The van der Waals surface area contributed by atoms with Gasteiger partial charge in [0.25, 0.3) is 0 Å². The van der Waals surface area contributed by atoms with Gasteiger partial charge in [0, 0.05) is 0 Å². The summed E-state index contributed by atoms with van der Waals surface area (Å²) in [4.78, 5) is 11.7. The van der Waals surface area contributed by atoms with E-state index in [1.807, 2.05) is 36.4 Å². The molecule has 0 heterocycles. The number of carbonyl (C=O) groups excluding carboxylic acids is 1. The summed E-state index contributed by atoms with van der Waals surface area (Å²) in [5, 5.41) is 9.46. The molecule has 0 bridgehead atoms. The average molecular weight is 256 g/mol. The first kappa shape index (κ1) is 13.3. The Bertz CT molecular complexity index is 561. The molecule has 2 aromatic rings. The van der Waals surface area contributed by atoms with Crippen LogP contribution in [0.3, 0.4) is 0 Å². The number of rotatable bonds is 4. The van der Waals surface area contributed by atoms with Gasteiger partial charge < -0.3 is 9.84 Å². The molecule has 19 heavy (non-hydrogen) atoms. The second-order valence-corrected chi connectivity index (χ2v) is 4.12. The van der Waals surface area contributed by atoms with Crippen molar-refractivity contribution in [2.45, 2.75) is 13.5 Å². The van der Waals surface area contributed by atoms with Crippen LogP contribution >= 0.6 is 0 Å². The molecular weight excluding hydrogens is 240 g/mol. The van der Waals surface area contributed by atoms with Gasteiger partial charge in [-0.05, 0) is 35.7 Å². The van der Waals surface area contributed by atoms with Crippen LogP contribution < -0.4 is 0 Å². The lowest BCUT2D eigenvalue weighted by Gasteiger charge is -2.10. The average Bonchev–Trinajstić information content (AvgIpc) is 2.47. The van der Waals surface area contributed by atoms with Crippen LogP contribution in [0.1, 0.15) is 22.8 Å². The first-order valence-electron chi connectivity index (χ1n) is 6.22. The standard InChI is InChI=1S/C16H16O3/c1-2-19-16(18)13-8-9-15(14(10-13)11-17)12-6-4-3-5-7-12/h3-10,17H,2,11H2,1H3. The number of esters is 1. The summed E-state index contributed by atoms with van der Waals surface area (Å²) in [5.41, 5.74) is 3.13. The highest BCUT2D eigenvalue weighted by Gasteiger charge is 2.11. The van der Waals surface area contributed by atoms with Gasteiger partial charge in [-0.25, -0.2) is 4.79 Å².